The van der Waals surface area contributed by atoms with E-state index in [0.717, 1.165) is 16.9 Å². The van der Waals surface area contributed by atoms with E-state index in [1.165, 1.54) is 18.4 Å². The van der Waals surface area contributed by atoms with Gasteiger partial charge in [-0.25, -0.2) is 8.42 Å². The smallest absolute Gasteiger partial charge is 0.309 e. The highest BCUT2D eigenvalue weighted by Crippen LogP contribution is 2.33. The van der Waals surface area contributed by atoms with Gasteiger partial charge in [-0.15, -0.1) is 11.3 Å². The van der Waals surface area contributed by atoms with Gasteiger partial charge in [-0.05, 0) is 41.3 Å². The summed E-state index contributed by atoms with van der Waals surface area (Å²) in [7, 11) is -3.81. The predicted octanol–water partition coefficient (Wildman–Crippen LogP) is 2.02. The Morgan fingerprint density at radius 2 is 1.84 bits per heavy atom. The number of carbonyl (C=O) groups is 2. The number of thiophene rings is 1. The molecule has 11 heteroatoms. The normalized spacial score (nSPS) is 13.5. The van der Waals surface area contributed by atoms with E-state index in [1.54, 1.807) is 35.7 Å². The van der Waals surface area contributed by atoms with Crippen molar-refractivity contribution in [2.24, 2.45) is 0 Å². The van der Waals surface area contributed by atoms with Crippen molar-refractivity contribution in [2.45, 2.75) is 16.0 Å². The first-order valence-electron chi connectivity index (χ1n) is 9.20. The number of furan rings is 1. The van der Waals surface area contributed by atoms with Gasteiger partial charge in [0.05, 0.1) is 6.26 Å². The van der Waals surface area contributed by atoms with Crippen LogP contribution in [0.25, 0.3) is 0 Å². The van der Waals surface area contributed by atoms with Crippen molar-refractivity contribution in [1.29, 1.82) is 0 Å². The first-order valence-corrected chi connectivity index (χ1v) is 11.6. The van der Waals surface area contributed by atoms with E-state index in [0.29, 0.717) is 11.5 Å². The number of amides is 2. The van der Waals surface area contributed by atoms with E-state index in [2.05, 4.69) is 10.6 Å². The number of nitrogens with one attached hydrogen (secondary N) is 2. The lowest BCUT2D eigenvalue weighted by Gasteiger charge is -2.15. The molecule has 2 N–H and O–H groups in total. The number of sulfone groups is 1. The van der Waals surface area contributed by atoms with Crippen LogP contribution in [0.5, 0.6) is 11.5 Å². The third-order valence-corrected chi connectivity index (χ3v) is 8.05. The zero-order valence-electron chi connectivity index (χ0n) is 16.1. The predicted molar refractivity (Wildman–Crippen MR) is 110 cm³/mol. The molecule has 0 saturated carbocycles. The van der Waals surface area contributed by atoms with Gasteiger partial charge in [-0.3, -0.25) is 9.59 Å². The summed E-state index contributed by atoms with van der Waals surface area (Å²) in [6.45, 7) is -0.0825. The minimum absolute atomic E-state index is 0.0952. The molecule has 3 heterocycles. The third-order valence-electron chi connectivity index (χ3n) is 4.55. The molecule has 0 bridgehead atoms. The Morgan fingerprint density at radius 3 is 2.58 bits per heavy atom. The molecule has 31 heavy (non-hydrogen) atoms. The number of benzene rings is 1. The van der Waals surface area contributed by atoms with Crippen molar-refractivity contribution in [3.8, 4) is 11.5 Å². The Hall–Kier alpha value is -3.31. The highest BCUT2D eigenvalue weighted by molar-refractivity contribution is 7.93. The summed E-state index contributed by atoms with van der Waals surface area (Å²) in [5, 5.41) is 5.37. The van der Waals surface area contributed by atoms with Crippen LogP contribution in [0.1, 0.15) is 16.6 Å². The van der Waals surface area contributed by atoms with Crippen LogP contribution in [0.4, 0.5) is 0 Å². The topological polar surface area (TPSA) is 124 Å². The molecule has 0 fully saturated rings. The van der Waals surface area contributed by atoms with Crippen molar-refractivity contribution in [2.75, 3.05) is 13.3 Å². The van der Waals surface area contributed by atoms with Gasteiger partial charge in [-0.2, -0.15) is 0 Å². The molecule has 0 aliphatic carbocycles. The Morgan fingerprint density at radius 1 is 1.03 bits per heavy atom. The SMILES string of the molecule is O=C(NCc1ccc2c(c1)OCO2)C(=O)NCC(c1ccco1)S(=O)(=O)c1cccs1. The first-order chi connectivity index (χ1) is 14.9. The van der Waals surface area contributed by atoms with E-state index < -0.39 is 26.9 Å². The van der Waals surface area contributed by atoms with E-state index in [1.807, 2.05) is 0 Å². The van der Waals surface area contributed by atoms with Crippen LogP contribution in [0, 0.1) is 0 Å². The lowest BCUT2D eigenvalue weighted by molar-refractivity contribution is -0.139. The van der Waals surface area contributed by atoms with E-state index in [4.69, 9.17) is 13.9 Å². The number of carbonyl (C=O) groups excluding carboxylic acids is 2. The second kappa shape index (κ2) is 8.82. The van der Waals surface area contributed by atoms with Crippen molar-refractivity contribution < 1.29 is 31.9 Å². The second-order valence-electron chi connectivity index (χ2n) is 6.56. The van der Waals surface area contributed by atoms with Crippen molar-refractivity contribution >= 4 is 33.0 Å². The standard InChI is InChI=1S/C20H18N2O7S2/c23-19(21-10-13-5-6-14-16(9-13)29-12-28-14)20(24)22-11-17(15-3-1-7-27-15)31(25,26)18-4-2-8-30-18/h1-9,17H,10-12H2,(H,21,23)(H,22,24). The Kier molecular flexibility index (Phi) is 5.96. The summed E-state index contributed by atoms with van der Waals surface area (Å²) in [4.78, 5) is 24.4. The van der Waals surface area contributed by atoms with Crippen LogP contribution in [0.15, 0.2) is 62.7 Å². The second-order valence-corrected chi connectivity index (χ2v) is 9.87. The zero-order chi connectivity index (χ0) is 21.8. The average Bonchev–Trinajstić information content (AvgIpc) is 3.53. The van der Waals surface area contributed by atoms with E-state index in [9.17, 15) is 18.0 Å². The fourth-order valence-electron chi connectivity index (χ4n) is 2.98. The van der Waals surface area contributed by atoms with Gasteiger partial charge >= 0.3 is 11.8 Å². The maximum atomic E-state index is 13.0. The lowest BCUT2D eigenvalue weighted by Crippen LogP contribution is -2.42. The number of hydrogen-bond donors (Lipinski definition) is 2. The molecule has 0 saturated heterocycles. The largest absolute Gasteiger partial charge is 0.468 e. The summed E-state index contributed by atoms with van der Waals surface area (Å²) >= 11 is 1.07. The van der Waals surface area contributed by atoms with Gasteiger partial charge in [0.25, 0.3) is 0 Å². The van der Waals surface area contributed by atoms with E-state index >= 15 is 0 Å². The summed E-state index contributed by atoms with van der Waals surface area (Å²) in [6, 6.07) is 11.4. The highest BCUT2D eigenvalue weighted by Gasteiger charge is 2.33. The van der Waals surface area contributed by atoms with Crippen LogP contribution >= 0.6 is 11.3 Å². The highest BCUT2D eigenvalue weighted by atomic mass is 32.2. The summed E-state index contributed by atoms with van der Waals surface area (Å²) in [5.41, 5.74) is 0.721. The molecule has 0 radical (unpaired) electrons. The molecule has 2 aromatic heterocycles. The molecule has 1 aliphatic heterocycles. The number of ether oxygens (including phenoxy) is 2. The first kappa shape index (κ1) is 20.9. The molecule has 1 aliphatic rings. The Labute approximate surface area is 181 Å². The van der Waals surface area contributed by atoms with Crippen LogP contribution < -0.4 is 20.1 Å². The van der Waals surface area contributed by atoms with Crippen LogP contribution in [-0.2, 0) is 26.0 Å². The molecule has 0 spiro atoms. The monoisotopic (exact) mass is 462 g/mol. The van der Waals surface area contributed by atoms with Gasteiger partial charge in [0, 0.05) is 13.1 Å². The third kappa shape index (κ3) is 4.57. The Balaban J connectivity index is 1.38. The van der Waals surface area contributed by atoms with E-state index in [-0.39, 0.29) is 29.9 Å². The lowest BCUT2D eigenvalue weighted by atomic mass is 10.2. The van der Waals surface area contributed by atoms with Gasteiger partial charge in [0.2, 0.25) is 6.79 Å². The summed E-state index contributed by atoms with van der Waals surface area (Å²) < 4.78 is 41.8. The van der Waals surface area contributed by atoms with Gasteiger partial charge < -0.3 is 24.5 Å². The maximum absolute atomic E-state index is 13.0. The van der Waals surface area contributed by atoms with Crippen LogP contribution in [-0.4, -0.2) is 33.6 Å². The number of rotatable bonds is 7. The number of hydrogen-bond acceptors (Lipinski definition) is 8. The fraction of sp³-hybridized carbons (Fsp3) is 0.200. The van der Waals surface area contributed by atoms with Crippen LogP contribution in [0.2, 0.25) is 0 Å². The molecule has 2 amide bonds. The molecular weight excluding hydrogens is 444 g/mol. The fourth-order valence-corrected chi connectivity index (χ4v) is 5.77. The molecule has 1 aromatic carbocycles. The molecule has 1 atom stereocenters. The minimum atomic E-state index is -3.81. The summed E-state index contributed by atoms with van der Waals surface area (Å²) in [6.07, 6.45) is 1.35. The quantitative estimate of drug-likeness (QED) is 0.515. The molecule has 1 unspecified atom stereocenters. The maximum Gasteiger partial charge on any atom is 0.309 e. The molecule has 4 rings (SSSR count). The van der Waals surface area contributed by atoms with Gasteiger partial charge in [0.15, 0.2) is 21.3 Å². The average molecular weight is 463 g/mol. The minimum Gasteiger partial charge on any atom is -0.468 e. The number of fused-ring (bicyclic) bond motifs is 1. The van der Waals surface area contributed by atoms with Gasteiger partial charge in [-0.1, -0.05) is 12.1 Å². The van der Waals surface area contributed by atoms with Crippen LogP contribution in [0.3, 0.4) is 0 Å². The zero-order valence-corrected chi connectivity index (χ0v) is 17.7. The molecule has 162 valence electrons. The van der Waals surface area contributed by atoms with Crippen molar-refractivity contribution in [3.63, 3.8) is 0 Å². The van der Waals surface area contributed by atoms with Crippen molar-refractivity contribution in [3.05, 3.63) is 65.4 Å². The molecule has 3 aromatic rings. The molecule has 9 nitrogen and oxygen atoms in total. The van der Waals surface area contributed by atoms with Gasteiger partial charge in [0.1, 0.15) is 15.2 Å². The Bertz CT molecular complexity index is 1170. The summed E-state index contributed by atoms with van der Waals surface area (Å²) in [5.74, 6) is -0.474. The molecular formula is C20H18N2O7S2. The van der Waals surface area contributed by atoms with Crippen molar-refractivity contribution in [1.82, 2.24) is 10.6 Å².